The summed E-state index contributed by atoms with van der Waals surface area (Å²) >= 11 is 0. The number of ether oxygens (including phenoxy) is 3. The van der Waals surface area contributed by atoms with Crippen molar-refractivity contribution in [2.45, 2.75) is 44.3 Å². The van der Waals surface area contributed by atoms with E-state index in [1.165, 1.54) is 6.08 Å². The van der Waals surface area contributed by atoms with Gasteiger partial charge in [0.25, 0.3) is 0 Å². The summed E-state index contributed by atoms with van der Waals surface area (Å²) in [6.45, 7) is 4.42. The summed E-state index contributed by atoms with van der Waals surface area (Å²) in [7, 11) is 0. The molecule has 1 fully saturated rings. The third kappa shape index (κ3) is 7.78. The van der Waals surface area contributed by atoms with Crippen LogP contribution >= 0.6 is 0 Å². The molecule has 1 aliphatic carbocycles. The van der Waals surface area contributed by atoms with Crippen LogP contribution in [0.15, 0.2) is 61.2 Å². The van der Waals surface area contributed by atoms with Crippen LogP contribution in [0.5, 0.6) is 0 Å². The summed E-state index contributed by atoms with van der Waals surface area (Å²) in [5.74, 6) is -0.794. The molecule has 34 heavy (non-hydrogen) atoms. The lowest BCUT2D eigenvalue weighted by atomic mass is 9.95. The fourth-order valence-electron chi connectivity index (χ4n) is 3.79. The number of esters is 2. The Bertz CT molecular complexity index is 1010. The Morgan fingerprint density at radius 3 is 2.38 bits per heavy atom. The number of nitrogens with two attached hydrogens (primary N) is 2. The van der Waals surface area contributed by atoms with Crippen molar-refractivity contribution >= 4 is 29.4 Å². The molecular weight excluding hydrogens is 432 g/mol. The van der Waals surface area contributed by atoms with Crippen molar-refractivity contribution in [2.24, 2.45) is 0 Å². The molecule has 0 unspecified atom stereocenters. The van der Waals surface area contributed by atoms with Gasteiger partial charge >= 0.3 is 11.9 Å². The SMILES string of the molecule is C=CCOC1CCC(OC(=O)c2ccc(/C=C/C(=O)OCCc3ccc(N)cc3N)cc2)CC1. The average molecular weight is 465 g/mol. The van der Waals surface area contributed by atoms with E-state index in [4.69, 9.17) is 25.7 Å². The predicted octanol–water partition coefficient (Wildman–Crippen LogP) is 4.32. The second-order valence-electron chi connectivity index (χ2n) is 8.26. The van der Waals surface area contributed by atoms with Crippen LogP contribution < -0.4 is 11.5 Å². The van der Waals surface area contributed by atoms with Crippen LogP contribution in [0.4, 0.5) is 11.4 Å². The highest BCUT2D eigenvalue weighted by atomic mass is 16.5. The van der Waals surface area contributed by atoms with E-state index in [1.807, 2.05) is 6.07 Å². The van der Waals surface area contributed by atoms with Crippen molar-refractivity contribution in [3.63, 3.8) is 0 Å². The molecule has 180 valence electrons. The molecule has 0 atom stereocenters. The zero-order valence-corrected chi connectivity index (χ0v) is 19.3. The molecule has 1 saturated carbocycles. The Morgan fingerprint density at radius 1 is 1.00 bits per heavy atom. The maximum Gasteiger partial charge on any atom is 0.338 e. The number of benzene rings is 2. The molecule has 4 N–H and O–H groups in total. The second kappa shape index (κ2) is 12.6. The van der Waals surface area contributed by atoms with Gasteiger partial charge in [0.05, 0.1) is 24.9 Å². The van der Waals surface area contributed by atoms with Crippen LogP contribution in [0.1, 0.15) is 47.2 Å². The zero-order valence-electron chi connectivity index (χ0n) is 19.3. The van der Waals surface area contributed by atoms with E-state index in [9.17, 15) is 9.59 Å². The van der Waals surface area contributed by atoms with Crippen LogP contribution in [-0.4, -0.2) is 37.4 Å². The molecule has 2 aromatic rings. The van der Waals surface area contributed by atoms with Crippen molar-refractivity contribution in [1.82, 2.24) is 0 Å². The van der Waals surface area contributed by atoms with Gasteiger partial charge in [-0.3, -0.25) is 0 Å². The van der Waals surface area contributed by atoms with Crippen molar-refractivity contribution in [1.29, 1.82) is 0 Å². The topological polar surface area (TPSA) is 114 Å². The van der Waals surface area contributed by atoms with E-state index in [2.05, 4.69) is 6.58 Å². The third-order valence-corrected chi connectivity index (χ3v) is 5.69. The fraction of sp³-hybridized carbons (Fsp3) is 0.333. The van der Waals surface area contributed by atoms with Gasteiger partial charge in [-0.2, -0.15) is 0 Å². The highest BCUT2D eigenvalue weighted by Gasteiger charge is 2.24. The van der Waals surface area contributed by atoms with Gasteiger partial charge in [0.1, 0.15) is 6.10 Å². The molecule has 0 bridgehead atoms. The Morgan fingerprint density at radius 2 is 1.71 bits per heavy atom. The van der Waals surface area contributed by atoms with Crippen molar-refractivity contribution in [3.05, 3.63) is 77.9 Å². The van der Waals surface area contributed by atoms with Crippen LogP contribution in [0, 0.1) is 0 Å². The first-order valence-electron chi connectivity index (χ1n) is 11.5. The number of hydrogen-bond donors (Lipinski definition) is 2. The van der Waals surface area contributed by atoms with Gasteiger partial charge in [0.2, 0.25) is 0 Å². The number of carbonyl (C=O) groups excluding carboxylic acids is 2. The minimum Gasteiger partial charge on any atom is -0.462 e. The standard InChI is InChI=1S/C27H32N2O5/c1-2-16-32-23-10-12-24(13-11-23)34-27(31)21-6-3-19(4-7-21)5-14-26(30)33-17-15-20-8-9-22(28)18-25(20)29/h2-9,14,18,23-24H,1,10-13,15-17,28-29H2/b14-5+. The molecule has 0 radical (unpaired) electrons. The Kier molecular flexibility index (Phi) is 9.29. The van der Waals surface area contributed by atoms with Crippen LogP contribution in [0.3, 0.4) is 0 Å². The van der Waals surface area contributed by atoms with Crippen molar-refractivity contribution in [2.75, 3.05) is 24.7 Å². The molecule has 3 rings (SSSR count). The van der Waals surface area contributed by atoms with Gasteiger partial charge in [-0.05, 0) is 67.2 Å². The van der Waals surface area contributed by atoms with E-state index in [0.717, 1.165) is 36.8 Å². The summed E-state index contributed by atoms with van der Waals surface area (Å²) in [5.41, 5.74) is 14.9. The normalized spacial score (nSPS) is 17.9. The molecule has 7 heteroatoms. The molecule has 0 saturated heterocycles. The molecule has 0 aromatic heterocycles. The molecule has 0 heterocycles. The maximum atomic E-state index is 12.4. The van der Waals surface area contributed by atoms with Crippen LogP contribution in [-0.2, 0) is 25.4 Å². The third-order valence-electron chi connectivity index (χ3n) is 5.69. The lowest BCUT2D eigenvalue weighted by molar-refractivity contribution is -0.137. The minimum atomic E-state index is -0.454. The molecular formula is C27H32N2O5. The van der Waals surface area contributed by atoms with Crippen molar-refractivity contribution in [3.8, 4) is 0 Å². The zero-order chi connectivity index (χ0) is 24.3. The van der Waals surface area contributed by atoms with E-state index >= 15 is 0 Å². The van der Waals surface area contributed by atoms with E-state index in [-0.39, 0.29) is 24.8 Å². The summed E-state index contributed by atoms with van der Waals surface area (Å²) < 4.78 is 16.5. The van der Waals surface area contributed by atoms with E-state index in [0.29, 0.717) is 30.0 Å². The molecule has 7 nitrogen and oxygen atoms in total. The highest BCUT2D eigenvalue weighted by molar-refractivity contribution is 5.90. The van der Waals surface area contributed by atoms with Gasteiger partial charge in [-0.1, -0.05) is 24.3 Å². The van der Waals surface area contributed by atoms with E-state index in [1.54, 1.807) is 48.6 Å². The van der Waals surface area contributed by atoms with Gasteiger partial charge < -0.3 is 25.7 Å². The van der Waals surface area contributed by atoms with Crippen LogP contribution in [0.2, 0.25) is 0 Å². The Labute approximate surface area is 200 Å². The molecule has 0 aliphatic heterocycles. The lowest BCUT2D eigenvalue weighted by Crippen LogP contribution is -2.28. The average Bonchev–Trinajstić information content (AvgIpc) is 2.84. The number of rotatable bonds is 10. The van der Waals surface area contributed by atoms with Crippen molar-refractivity contribution < 1.29 is 23.8 Å². The maximum absolute atomic E-state index is 12.4. The molecule has 2 aromatic carbocycles. The summed E-state index contributed by atoms with van der Waals surface area (Å²) in [6.07, 6.45) is 8.70. The van der Waals surface area contributed by atoms with Gasteiger partial charge in [-0.15, -0.1) is 6.58 Å². The Hall–Kier alpha value is -3.58. The highest BCUT2D eigenvalue weighted by Crippen LogP contribution is 2.24. The monoisotopic (exact) mass is 464 g/mol. The summed E-state index contributed by atoms with van der Waals surface area (Å²) in [6, 6.07) is 12.2. The number of nitrogen functional groups attached to an aromatic ring is 2. The minimum absolute atomic E-state index is 0.0889. The quantitative estimate of drug-likeness (QED) is 0.233. The predicted molar refractivity (Wildman–Crippen MR) is 133 cm³/mol. The fourth-order valence-corrected chi connectivity index (χ4v) is 3.79. The summed E-state index contributed by atoms with van der Waals surface area (Å²) in [4.78, 5) is 24.4. The van der Waals surface area contributed by atoms with Gasteiger partial charge in [0, 0.05) is 23.9 Å². The number of carbonyl (C=O) groups is 2. The number of anilines is 2. The first kappa shape index (κ1) is 25.1. The number of hydrogen-bond acceptors (Lipinski definition) is 7. The van der Waals surface area contributed by atoms with Gasteiger partial charge in [-0.25, -0.2) is 9.59 Å². The lowest BCUT2D eigenvalue weighted by Gasteiger charge is -2.28. The first-order valence-corrected chi connectivity index (χ1v) is 11.5. The summed E-state index contributed by atoms with van der Waals surface area (Å²) in [5, 5.41) is 0. The largest absolute Gasteiger partial charge is 0.462 e. The van der Waals surface area contributed by atoms with Gasteiger partial charge in [0.15, 0.2) is 0 Å². The molecule has 1 aliphatic rings. The smallest absolute Gasteiger partial charge is 0.338 e. The second-order valence-corrected chi connectivity index (χ2v) is 8.26. The van der Waals surface area contributed by atoms with Crippen LogP contribution in [0.25, 0.3) is 6.08 Å². The molecule has 0 spiro atoms. The van der Waals surface area contributed by atoms with E-state index < -0.39 is 5.97 Å². The molecule has 0 amide bonds. The Balaban J connectivity index is 1.40. The first-order chi connectivity index (χ1) is 16.4.